The summed E-state index contributed by atoms with van der Waals surface area (Å²) >= 11 is 5.20. The molecule has 0 bridgehead atoms. The molecule has 90 valence electrons. The first-order valence-electron chi connectivity index (χ1n) is 5.50. The van der Waals surface area contributed by atoms with Crippen LogP contribution >= 0.6 is 27.3 Å². The summed E-state index contributed by atoms with van der Waals surface area (Å²) in [4.78, 5) is 5.58. The van der Waals surface area contributed by atoms with Crippen LogP contribution in [0, 0.1) is 0 Å². The zero-order chi connectivity index (χ0) is 11.8. The molecule has 0 fully saturated rings. The van der Waals surface area contributed by atoms with E-state index in [9.17, 15) is 0 Å². The Morgan fingerprint density at radius 3 is 3.00 bits per heavy atom. The lowest BCUT2D eigenvalue weighted by Gasteiger charge is -2.03. The predicted molar refractivity (Wildman–Crippen MR) is 75.1 cm³/mol. The molecular formula is C11H18BrN3S. The summed E-state index contributed by atoms with van der Waals surface area (Å²) in [5, 5.41) is 3.12. The maximum atomic E-state index is 5.72. The van der Waals surface area contributed by atoms with Gasteiger partial charge in [0.1, 0.15) is 0 Å². The third kappa shape index (κ3) is 5.51. The van der Waals surface area contributed by atoms with Gasteiger partial charge < -0.3 is 11.1 Å². The molecule has 0 atom stereocenters. The second-order valence-electron chi connectivity index (χ2n) is 3.50. The number of hydrogen-bond donors (Lipinski definition) is 2. The van der Waals surface area contributed by atoms with E-state index in [0.29, 0.717) is 5.96 Å². The second-order valence-corrected chi connectivity index (χ2v) is 6.05. The standard InChI is InChI=1S/C11H18BrN3S/c1-2-3-7-14-11(13)15-8-6-9-4-5-10(12)16-9/h4-5H,2-3,6-8H2,1H3,(H3,13,14,15). The summed E-state index contributed by atoms with van der Waals surface area (Å²) in [6, 6.07) is 4.19. The Bertz CT molecular complexity index is 336. The third-order valence-corrected chi connectivity index (χ3v) is 3.78. The Morgan fingerprint density at radius 1 is 1.56 bits per heavy atom. The monoisotopic (exact) mass is 303 g/mol. The number of nitrogens with one attached hydrogen (secondary N) is 1. The topological polar surface area (TPSA) is 50.4 Å². The molecule has 3 N–H and O–H groups in total. The molecule has 0 aliphatic carbocycles. The van der Waals surface area contributed by atoms with Crippen LogP contribution in [0.15, 0.2) is 20.9 Å². The summed E-state index contributed by atoms with van der Waals surface area (Å²) in [5.74, 6) is 0.559. The van der Waals surface area contributed by atoms with E-state index in [0.717, 1.165) is 32.4 Å². The summed E-state index contributed by atoms with van der Waals surface area (Å²) in [7, 11) is 0. The van der Waals surface area contributed by atoms with Crippen LogP contribution in [0.1, 0.15) is 24.6 Å². The highest BCUT2D eigenvalue weighted by Crippen LogP contribution is 2.21. The molecule has 0 aromatic carbocycles. The normalized spacial score (nSPS) is 11.8. The zero-order valence-corrected chi connectivity index (χ0v) is 11.9. The minimum absolute atomic E-state index is 0.559. The van der Waals surface area contributed by atoms with Gasteiger partial charge in [0, 0.05) is 18.0 Å². The number of nitrogens with two attached hydrogens (primary N) is 1. The number of hydrogen-bond acceptors (Lipinski definition) is 2. The van der Waals surface area contributed by atoms with Gasteiger partial charge in [0.25, 0.3) is 0 Å². The molecule has 1 aromatic rings. The van der Waals surface area contributed by atoms with E-state index in [1.807, 2.05) is 0 Å². The molecule has 3 nitrogen and oxygen atoms in total. The van der Waals surface area contributed by atoms with Gasteiger partial charge in [0.05, 0.1) is 3.79 Å². The SMILES string of the molecule is CCCCN=C(N)NCCc1ccc(Br)s1. The van der Waals surface area contributed by atoms with Gasteiger partial charge in [-0.25, -0.2) is 0 Å². The highest BCUT2D eigenvalue weighted by Gasteiger charge is 1.97. The van der Waals surface area contributed by atoms with Gasteiger partial charge in [-0.15, -0.1) is 11.3 Å². The first kappa shape index (κ1) is 13.5. The molecule has 0 saturated carbocycles. The fraction of sp³-hybridized carbons (Fsp3) is 0.545. The van der Waals surface area contributed by atoms with Crippen molar-refractivity contribution in [3.05, 3.63) is 20.8 Å². The van der Waals surface area contributed by atoms with E-state index in [2.05, 4.69) is 45.3 Å². The van der Waals surface area contributed by atoms with Crippen LogP contribution in [0.3, 0.4) is 0 Å². The molecule has 16 heavy (non-hydrogen) atoms. The quantitative estimate of drug-likeness (QED) is 0.482. The molecule has 5 heteroatoms. The first-order chi connectivity index (χ1) is 7.72. The second kappa shape index (κ2) is 7.68. The largest absolute Gasteiger partial charge is 0.370 e. The van der Waals surface area contributed by atoms with Gasteiger partial charge in [0.15, 0.2) is 5.96 Å². The summed E-state index contributed by atoms with van der Waals surface area (Å²) in [5.41, 5.74) is 5.72. The number of aliphatic imine (C=N–C) groups is 1. The van der Waals surface area contributed by atoms with E-state index in [-0.39, 0.29) is 0 Å². The summed E-state index contributed by atoms with van der Waals surface area (Å²) < 4.78 is 1.17. The lowest BCUT2D eigenvalue weighted by Crippen LogP contribution is -2.33. The van der Waals surface area contributed by atoms with Crippen LogP contribution in [0.4, 0.5) is 0 Å². The van der Waals surface area contributed by atoms with Gasteiger partial charge >= 0.3 is 0 Å². The minimum Gasteiger partial charge on any atom is -0.370 e. The summed E-state index contributed by atoms with van der Waals surface area (Å²) in [6.07, 6.45) is 3.24. The summed E-state index contributed by atoms with van der Waals surface area (Å²) in [6.45, 7) is 3.81. The van der Waals surface area contributed by atoms with Crippen molar-refractivity contribution >= 4 is 33.2 Å². The van der Waals surface area contributed by atoms with Crippen molar-refractivity contribution in [1.82, 2.24) is 5.32 Å². The molecule has 0 spiro atoms. The van der Waals surface area contributed by atoms with Crippen molar-refractivity contribution in [3.63, 3.8) is 0 Å². The lowest BCUT2D eigenvalue weighted by molar-refractivity contribution is 0.792. The molecule has 0 aliphatic heterocycles. The number of nitrogens with zero attached hydrogens (tertiary/aromatic N) is 1. The molecule has 0 aliphatic rings. The van der Waals surface area contributed by atoms with Gasteiger partial charge in [-0.1, -0.05) is 13.3 Å². The molecule has 0 radical (unpaired) electrons. The molecule has 1 heterocycles. The predicted octanol–water partition coefficient (Wildman–Crippen LogP) is 2.76. The molecular weight excluding hydrogens is 286 g/mol. The van der Waals surface area contributed by atoms with E-state index in [4.69, 9.17) is 5.73 Å². The smallest absolute Gasteiger partial charge is 0.188 e. The first-order valence-corrected chi connectivity index (χ1v) is 7.11. The highest BCUT2D eigenvalue weighted by atomic mass is 79.9. The Kier molecular flexibility index (Phi) is 6.49. The molecule has 0 saturated heterocycles. The third-order valence-electron chi connectivity index (χ3n) is 2.10. The number of halogens is 1. The number of unbranched alkanes of at least 4 members (excludes halogenated alkanes) is 1. The average Bonchev–Trinajstić information content (AvgIpc) is 2.65. The number of rotatable bonds is 6. The Hall–Kier alpha value is -0.550. The van der Waals surface area contributed by atoms with Crippen molar-refractivity contribution in [3.8, 4) is 0 Å². The van der Waals surface area contributed by atoms with Crippen LogP contribution in [-0.4, -0.2) is 19.0 Å². The maximum absolute atomic E-state index is 5.72. The van der Waals surface area contributed by atoms with Crippen LogP contribution in [0.5, 0.6) is 0 Å². The van der Waals surface area contributed by atoms with Crippen LogP contribution in [0.25, 0.3) is 0 Å². The molecule has 0 amide bonds. The fourth-order valence-electron chi connectivity index (χ4n) is 1.21. The van der Waals surface area contributed by atoms with Crippen LogP contribution < -0.4 is 11.1 Å². The lowest BCUT2D eigenvalue weighted by atomic mass is 10.3. The van der Waals surface area contributed by atoms with Gasteiger partial charge in [-0.3, -0.25) is 4.99 Å². The highest BCUT2D eigenvalue weighted by molar-refractivity contribution is 9.11. The van der Waals surface area contributed by atoms with Crippen molar-refractivity contribution < 1.29 is 0 Å². The Balaban J connectivity index is 2.17. The van der Waals surface area contributed by atoms with Crippen LogP contribution in [-0.2, 0) is 6.42 Å². The average molecular weight is 304 g/mol. The van der Waals surface area contributed by atoms with Crippen molar-refractivity contribution in [1.29, 1.82) is 0 Å². The van der Waals surface area contributed by atoms with Crippen molar-refractivity contribution in [2.75, 3.05) is 13.1 Å². The van der Waals surface area contributed by atoms with Gasteiger partial charge in [-0.05, 0) is 40.9 Å². The van der Waals surface area contributed by atoms with Crippen LogP contribution in [0.2, 0.25) is 0 Å². The molecule has 1 rings (SSSR count). The Labute approximate surface area is 109 Å². The number of thiophene rings is 1. The molecule has 0 unspecified atom stereocenters. The van der Waals surface area contributed by atoms with Gasteiger partial charge in [-0.2, -0.15) is 0 Å². The fourth-order valence-corrected chi connectivity index (χ4v) is 2.70. The number of guanidine groups is 1. The van der Waals surface area contributed by atoms with Crippen molar-refractivity contribution in [2.24, 2.45) is 10.7 Å². The minimum atomic E-state index is 0.559. The molecule has 1 aromatic heterocycles. The van der Waals surface area contributed by atoms with Gasteiger partial charge in [0.2, 0.25) is 0 Å². The zero-order valence-electron chi connectivity index (χ0n) is 9.50. The van der Waals surface area contributed by atoms with E-state index >= 15 is 0 Å². The van der Waals surface area contributed by atoms with E-state index in [1.54, 1.807) is 11.3 Å². The van der Waals surface area contributed by atoms with Crippen molar-refractivity contribution in [2.45, 2.75) is 26.2 Å². The maximum Gasteiger partial charge on any atom is 0.188 e. The van der Waals surface area contributed by atoms with E-state index in [1.165, 1.54) is 8.66 Å². The Morgan fingerprint density at radius 2 is 2.38 bits per heavy atom. The van der Waals surface area contributed by atoms with E-state index < -0.39 is 0 Å².